The summed E-state index contributed by atoms with van der Waals surface area (Å²) in [7, 11) is 0. The van der Waals surface area contributed by atoms with Crippen LogP contribution in [0.1, 0.15) is 11.1 Å². The highest BCUT2D eigenvalue weighted by molar-refractivity contribution is 5.78. The van der Waals surface area contributed by atoms with Crippen molar-refractivity contribution in [1.29, 1.82) is 0 Å². The van der Waals surface area contributed by atoms with Crippen LogP contribution in [0.15, 0.2) is 24.5 Å². The van der Waals surface area contributed by atoms with E-state index in [1.54, 1.807) is 6.33 Å². The summed E-state index contributed by atoms with van der Waals surface area (Å²) in [6.45, 7) is 7.13. The third-order valence-electron chi connectivity index (χ3n) is 3.66. The fraction of sp³-hybridized carbons (Fsp3) is 0.375. The normalized spacial score (nSPS) is 14.9. The highest BCUT2D eigenvalue weighted by Gasteiger charge is 2.17. The lowest BCUT2D eigenvalue weighted by atomic mass is 10.1. The first kappa shape index (κ1) is 14.6. The van der Waals surface area contributed by atoms with Gasteiger partial charge in [0.15, 0.2) is 11.6 Å². The SMILES string of the molecule is Cc1cc(C)cc(Nc2ncnc(N3CCOCC3)c2N)c1. The lowest BCUT2D eigenvalue weighted by Gasteiger charge is -2.29. The van der Waals surface area contributed by atoms with Gasteiger partial charge in [0.2, 0.25) is 0 Å². The van der Waals surface area contributed by atoms with Crippen molar-refractivity contribution in [1.82, 2.24) is 9.97 Å². The van der Waals surface area contributed by atoms with E-state index in [2.05, 4.69) is 52.2 Å². The Morgan fingerprint density at radius 3 is 2.45 bits per heavy atom. The quantitative estimate of drug-likeness (QED) is 0.905. The maximum atomic E-state index is 6.27. The number of benzene rings is 1. The Hall–Kier alpha value is -2.34. The molecule has 6 nitrogen and oxygen atoms in total. The highest BCUT2D eigenvalue weighted by Crippen LogP contribution is 2.29. The molecule has 1 aromatic heterocycles. The molecule has 0 spiro atoms. The average molecular weight is 299 g/mol. The van der Waals surface area contributed by atoms with Crippen molar-refractivity contribution in [2.75, 3.05) is 42.3 Å². The smallest absolute Gasteiger partial charge is 0.159 e. The minimum absolute atomic E-state index is 0.573. The lowest BCUT2D eigenvalue weighted by Crippen LogP contribution is -2.37. The second-order valence-electron chi connectivity index (χ2n) is 5.56. The minimum atomic E-state index is 0.573. The molecule has 0 bridgehead atoms. The highest BCUT2D eigenvalue weighted by atomic mass is 16.5. The monoisotopic (exact) mass is 299 g/mol. The molecule has 1 aromatic carbocycles. The molecule has 1 saturated heterocycles. The summed E-state index contributed by atoms with van der Waals surface area (Å²) < 4.78 is 5.37. The molecule has 3 rings (SSSR count). The van der Waals surface area contributed by atoms with Crippen LogP contribution < -0.4 is 16.0 Å². The number of anilines is 4. The number of aryl methyl sites for hydroxylation is 2. The number of hydrogen-bond donors (Lipinski definition) is 2. The number of aromatic nitrogens is 2. The molecule has 1 aliphatic heterocycles. The van der Waals surface area contributed by atoms with Crippen LogP contribution in [0, 0.1) is 13.8 Å². The Balaban J connectivity index is 1.87. The van der Waals surface area contributed by atoms with E-state index in [1.165, 1.54) is 11.1 Å². The number of nitrogens with zero attached hydrogens (tertiary/aromatic N) is 3. The van der Waals surface area contributed by atoms with Crippen molar-refractivity contribution in [2.45, 2.75) is 13.8 Å². The summed E-state index contributed by atoms with van der Waals surface area (Å²) >= 11 is 0. The Morgan fingerprint density at radius 2 is 1.77 bits per heavy atom. The molecule has 6 heteroatoms. The molecule has 0 unspecified atom stereocenters. The minimum Gasteiger partial charge on any atom is -0.393 e. The van der Waals surface area contributed by atoms with Gasteiger partial charge in [-0.15, -0.1) is 0 Å². The zero-order valence-electron chi connectivity index (χ0n) is 13.0. The van der Waals surface area contributed by atoms with Gasteiger partial charge in [-0.25, -0.2) is 9.97 Å². The van der Waals surface area contributed by atoms with Crippen LogP contribution in [0.3, 0.4) is 0 Å². The molecule has 0 aliphatic carbocycles. The molecule has 0 amide bonds. The standard InChI is InChI=1S/C16H21N5O/c1-11-7-12(2)9-13(8-11)20-15-14(17)16(19-10-18-15)21-3-5-22-6-4-21/h7-10H,3-6,17H2,1-2H3,(H,18,19,20). The Bertz CT molecular complexity index is 647. The maximum Gasteiger partial charge on any atom is 0.159 e. The molecule has 1 aliphatic rings. The molecule has 0 radical (unpaired) electrons. The molecule has 116 valence electrons. The van der Waals surface area contributed by atoms with Crippen LogP contribution in [0.2, 0.25) is 0 Å². The zero-order chi connectivity index (χ0) is 15.5. The van der Waals surface area contributed by atoms with E-state index in [4.69, 9.17) is 10.5 Å². The maximum absolute atomic E-state index is 6.27. The molecule has 2 heterocycles. The van der Waals surface area contributed by atoms with Gasteiger partial charge in [-0.3, -0.25) is 0 Å². The molecule has 0 saturated carbocycles. The number of hydrogen-bond acceptors (Lipinski definition) is 6. The fourth-order valence-corrected chi connectivity index (χ4v) is 2.70. The summed E-state index contributed by atoms with van der Waals surface area (Å²) in [5, 5.41) is 3.30. The Kier molecular flexibility index (Phi) is 4.11. The largest absolute Gasteiger partial charge is 0.393 e. The van der Waals surface area contributed by atoms with Gasteiger partial charge < -0.3 is 20.7 Å². The number of ether oxygens (including phenoxy) is 1. The second-order valence-corrected chi connectivity index (χ2v) is 5.56. The van der Waals surface area contributed by atoms with Gasteiger partial charge in [0, 0.05) is 18.8 Å². The molecule has 22 heavy (non-hydrogen) atoms. The van der Waals surface area contributed by atoms with Crippen molar-refractivity contribution in [3.63, 3.8) is 0 Å². The lowest BCUT2D eigenvalue weighted by molar-refractivity contribution is 0.122. The zero-order valence-corrected chi connectivity index (χ0v) is 13.0. The van der Waals surface area contributed by atoms with E-state index in [9.17, 15) is 0 Å². The van der Waals surface area contributed by atoms with E-state index in [0.29, 0.717) is 24.7 Å². The first-order valence-electron chi connectivity index (χ1n) is 7.42. The fourth-order valence-electron chi connectivity index (χ4n) is 2.70. The summed E-state index contributed by atoms with van der Waals surface area (Å²) in [6.07, 6.45) is 1.55. The van der Waals surface area contributed by atoms with Crippen LogP contribution in [0.5, 0.6) is 0 Å². The van der Waals surface area contributed by atoms with E-state index in [0.717, 1.165) is 24.6 Å². The first-order chi connectivity index (χ1) is 10.6. The number of nitrogens with two attached hydrogens (primary N) is 1. The molecule has 0 atom stereocenters. The van der Waals surface area contributed by atoms with Gasteiger partial charge in [0.05, 0.1) is 13.2 Å². The van der Waals surface area contributed by atoms with Crippen molar-refractivity contribution < 1.29 is 4.74 Å². The third-order valence-corrected chi connectivity index (χ3v) is 3.66. The topological polar surface area (TPSA) is 76.3 Å². The van der Waals surface area contributed by atoms with Crippen LogP contribution in [0.4, 0.5) is 23.0 Å². The van der Waals surface area contributed by atoms with Crippen LogP contribution >= 0.6 is 0 Å². The van der Waals surface area contributed by atoms with Crippen LogP contribution in [-0.4, -0.2) is 36.3 Å². The van der Waals surface area contributed by atoms with Crippen molar-refractivity contribution in [3.8, 4) is 0 Å². The Morgan fingerprint density at radius 1 is 1.09 bits per heavy atom. The second kappa shape index (κ2) is 6.19. The number of nitrogen functional groups attached to an aromatic ring is 1. The van der Waals surface area contributed by atoms with Gasteiger partial charge in [-0.2, -0.15) is 0 Å². The van der Waals surface area contributed by atoms with Crippen molar-refractivity contribution in [3.05, 3.63) is 35.7 Å². The van der Waals surface area contributed by atoms with Gasteiger partial charge in [-0.05, 0) is 37.1 Å². The Labute approximate surface area is 130 Å². The number of nitrogens with one attached hydrogen (secondary N) is 1. The summed E-state index contributed by atoms with van der Waals surface area (Å²) in [4.78, 5) is 10.7. The summed E-state index contributed by atoms with van der Waals surface area (Å²) in [5.74, 6) is 1.41. The van der Waals surface area contributed by atoms with Gasteiger partial charge in [-0.1, -0.05) is 6.07 Å². The molecule has 1 fully saturated rings. The third kappa shape index (κ3) is 3.12. The van der Waals surface area contributed by atoms with E-state index in [-0.39, 0.29) is 0 Å². The molecular weight excluding hydrogens is 278 g/mol. The number of morpholine rings is 1. The van der Waals surface area contributed by atoms with Crippen molar-refractivity contribution >= 4 is 23.0 Å². The van der Waals surface area contributed by atoms with Gasteiger partial charge in [0.1, 0.15) is 12.0 Å². The molecule has 3 N–H and O–H groups in total. The number of rotatable bonds is 3. The summed E-state index contributed by atoms with van der Waals surface area (Å²) in [5.41, 5.74) is 10.2. The summed E-state index contributed by atoms with van der Waals surface area (Å²) in [6, 6.07) is 6.28. The predicted octanol–water partition coefficient (Wildman–Crippen LogP) is 2.26. The molecular formula is C16H21N5O. The van der Waals surface area contributed by atoms with E-state index in [1.807, 2.05) is 0 Å². The van der Waals surface area contributed by atoms with E-state index < -0.39 is 0 Å². The van der Waals surface area contributed by atoms with E-state index >= 15 is 0 Å². The van der Waals surface area contributed by atoms with Gasteiger partial charge in [0.25, 0.3) is 0 Å². The van der Waals surface area contributed by atoms with Crippen molar-refractivity contribution in [2.24, 2.45) is 0 Å². The average Bonchev–Trinajstić information content (AvgIpc) is 2.49. The first-order valence-corrected chi connectivity index (χ1v) is 7.42. The van der Waals surface area contributed by atoms with Crippen LogP contribution in [-0.2, 0) is 4.74 Å². The predicted molar refractivity (Wildman–Crippen MR) is 88.7 cm³/mol. The van der Waals surface area contributed by atoms with Crippen LogP contribution in [0.25, 0.3) is 0 Å². The molecule has 2 aromatic rings. The van der Waals surface area contributed by atoms with Gasteiger partial charge >= 0.3 is 0 Å².